The fourth-order valence-corrected chi connectivity index (χ4v) is 2.42. The van der Waals surface area contributed by atoms with Crippen LogP contribution in [0, 0.1) is 5.92 Å². The molecule has 2 rings (SSSR count). The molecule has 1 N–H and O–H groups in total. The van der Waals surface area contributed by atoms with Gasteiger partial charge in [-0.05, 0) is 44.0 Å². The number of hydrogen-bond donors (Lipinski definition) is 1. The van der Waals surface area contributed by atoms with Crippen LogP contribution in [0.3, 0.4) is 0 Å². The molecule has 0 radical (unpaired) electrons. The molecular weight excluding hydrogens is 234 g/mol. The van der Waals surface area contributed by atoms with E-state index in [-0.39, 0.29) is 0 Å². The van der Waals surface area contributed by atoms with E-state index >= 15 is 0 Å². The van der Waals surface area contributed by atoms with Crippen molar-refractivity contribution >= 4 is 11.6 Å². The van der Waals surface area contributed by atoms with Gasteiger partial charge >= 0.3 is 0 Å². The van der Waals surface area contributed by atoms with Crippen LogP contribution in [0.15, 0.2) is 18.2 Å². The molecule has 0 spiro atoms. The van der Waals surface area contributed by atoms with E-state index in [1.807, 2.05) is 25.2 Å². The van der Waals surface area contributed by atoms with Gasteiger partial charge < -0.3 is 10.1 Å². The zero-order valence-corrected chi connectivity index (χ0v) is 11.3. The van der Waals surface area contributed by atoms with E-state index < -0.39 is 0 Å². The highest BCUT2D eigenvalue weighted by atomic mass is 35.5. The summed E-state index contributed by atoms with van der Waals surface area (Å²) in [4.78, 5) is 0. The topological polar surface area (TPSA) is 21.3 Å². The third kappa shape index (κ3) is 3.36. The van der Waals surface area contributed by atoms with Crippen LogP contribution < -0.4 is 10.1 Å². The molecule has 0 amide bonds. The average molecular weight is 254 g/mol. The Morgan fingerprint density at radius 2 is 2.24 bits per heavy atom. The van der Waals surface area contributed by atoms with E-state index in [0.29, 0.717) is 6.04 Å². The van der Waals surface area contributed by atoms with Crippen molar-refractivity contribution in [2.24, 2.45) is 5.92 Å². The molecule has 0 aliphatic heterocycles. The Morgan fingerprint density at radius 1 is 1.47 bits per heavy atom. The summed E-state index contributed by atoms with van der Waals surface area (Å²) in [6.07, 6.45) is 5.26. The first-order valence-electron chi connectivity index (χ1n) is 6.25. The van der Waals surface area contributed by atoms with Crippen LogP contribution in [-0.2, 0) is 0 Å². The van der Waals surface area contributed by atoms with Crippen LogP contribution in [0.5, 0.6) is 5.75 Å². The van der Waals surface area contributed by atoms with Crippen LogP contribution in [0.25, 0.3) is 0 Å². The van der Waals surface area contributed by atoms with E-state index in [4.69, 9.17) is 16.3 Å². The van der Waals surface area contributed by atoms with E-state index in [1.165, 1.54) is 24.8 Å². The minimum Gasteiger partial charge on any atom is -0.496 e. The van der Waals surface area contributed by atoms with Gasteiger partial charge in [0.25, 0.3) is 0 Å². The molecule has 0 saturated heterocycles. The maximum Gasteiger partial charge on any atom is 0.123 e. The Hall–Kier alpha value is -0.730. The predicted octanol–water partition coefficient (Wildman–Crippen LogP) is 3.80. The van der Waals surface area contributed by atoms with Gasteiger partial charge in [-0.15, -0.1) is 0 Å². The lowest BCUT2D eigenvalue weighted by Crippen LogP contribution is -2.17. The first kappa shape index (κ1) is 12.7. The molecule has 2 nitrogen and oxygen atoms in total. The first-order valence-corrected chi connectivity index (χ1v) is 6.63. The number of hydrogen-bond acceptors (Lipinski definition) is 2. The number of rotatable bonds is 6. The lowest BCUT2D eigenvalue weighted by atomic mass is 9.99. The maximum absolute atomic E-state index is 6.07. The van der Waals surface area contributed by atoms with Gasteiger partial charge in [0.05, 0.1) is 7.11 Å². The zero-order valence-electron chi connectivity index (χ0n) is 10.5. The summed E-state index contributed by atoms with van der Waals surface area (Å²) in [5, 5.41) is 4.14. The van der Waals surface area contributed by atoms with Crippen molar-refractivity contribution in [3.8, 4) is 5.75 Å². The fourth-order valence-electron chi connectivity index (χ4n) is 2.24. The molecule has 17 heavy (non-hydrogen) atoms. The molecule has 1 atom stereocenters. The number of ether oxygens (including phenoxy) is 1. The van der Waals surface area contributed by atoms with Crippen molar-refractivity contribution in [1.82, 2.24) is 5.32 Å². The van der Waals surface area contributed by atoms with Crippen LogP contribution in [0.2, 0.25) is 5.02 Å². The highest BCUT2D eigenvalue weighted by molar-refractivity contribution is 6.30. The van der Waals surface area contributed by atoms with Crippen molar-refractivity contribution < 1.29 is 4.74 Å². The summed E-state index contributed by atoms with van der Waals surface area (Å²) in [5.41, 5.74) is 1.17. The number of nitrogens with one attached hydrogen (secondary N) is 1. The fraction of sp³-hybridized carbons (Fsp3) is 0.571. The normalized spacial score (nSPS) is 16.9. The summed E-state index contributed by atoms with van der Waals surface area (Å²) in [7, 11) is 3.71. The van der Waals surface area contributed by atoms with Crippen LogP contribution in [0.1, 0.15) is 37.3 Å². The molecule has 1 aromatic carbocycles. The van der Waals surface area contributed by atoms with Crippen molar-refractivity contribution in [3.63, 3.8) is 0 Å². The first-order chi connectivity index (χ1) is 8.24. The Bertz CT molecular complexity index is 376. The highest BCUT2D eigenvalue weighted by Gasteiger charge is 2.23. The van der Waals surface area contributed by atoms with Crippen LogP contribution >= 0.6 is 11.6 Å². The van der Waals surface area contributed by atoms with Crippen LogP contribution in [-0.4, -0.2) is 14.2 Å². The van der Waals surface area contributed by atoms with Gasteiger partial charge in [0.15, 0.2) is 0 Å². The molecule has 1 aromatic rings. The minimum atomic E-state index is 0.337. The summed E-state index contributed by atoms with van der Waals surface area (Å²) in [5.74, 6) is 1.88. The van der Waals surface area contributed by atoms with Gasteiger partial charge in [-0.3, -0.25) is 0 Å². The third-order valence-corrected chi connectivity index (χ3v) is 3.71. The summed E-state index contributed by atoms with van der Waals surface area (Å²) in [6, 6.07) is 6.16. The molecule has 0 heterocycles. The third-order valence-electron chi connectivity index (χ3n) is 3.48. The van der Waals surface area contributed by atoms with Gasteiger partial charge in [0, 0.05) is 16.6 Å². The smallest absolute Gasteiger partial charge is 0.123 e. The Morgan fingerprint density at radius 3 is 2.82 bits per heavy atom. The maximum atomic E-state index is 6.07. The SMILES string of the molecule is CNC(CCC1CC1)c1cc(Cl)ccc1OC. The molecule has 94 valence electrons. The average Bonchev–Trinajstić information content (AvgIpc) is 3.14. The second-order valence-electron chi connectivity index (χ2n) is 4.75. The van der Waals surface area contributed by atoms with E-state index in [0.717, 1.165) is 23.1 Å². The molecule has 1 fully saturated rings. The Labute approximate surface area is 108 Å². The van der Waals surface area contributed by atoms with Gasteiger partial charge in [-0.25, -0.2) is 0 Å². The van der Waals surface area contributed by atoms with E-state index in [2.05, 4.69) is 5.32 Å². The summed E-state index contributed by atoms with van der Waals surface area (Å²) in [6.45, 7) is 0. The van der Waals surface area contributed by atoms with Gasteiger partial charge in [-0.2, -0.15) is 0 Å². The molecule has 0 bridgehead atoms. The summed E-state index contributed by atoms with van der Waals surface area (Å²) >= 11 is 6.07. The van der Waals surface area contributed by atoms with E-state index in [9.17, 15) is 0 Å². The molecule has 1 aliphatic carbocycles. The number of benzene rings is 1. The largest absolute Gasteiger partial charge is 0.496 e. The number of halogens is 1. The molecule has 0 aromatic heterocycles. The molecule has 1 aliphatic rings. The molecule has 1 saturated carbocycles. The van der Waals surface area contributed by atoms with Crippen molar-refractivity contribution in [1.29, 1.82) is 0 Å². The lowest BCUT2D eigenvalue weighted by Gasteiger charge is -2.19. The standard InChI is InChI=1S/C14H20ClNO/c1-16-13(7-5-10-3-4-10)12-9-11(15)6-8-14(12)17-2/h6,8-10,13,16H,3-5,7H2,1-2H3. The minimum absolute atomic E-state index is 0.337. The van der Waals surface area contributed by atoms with Crippen molar-refractivity contribution in [2.45, 2.75) is 31.7 Å². The van der Waals surface area contributed by atoms with Crippen molar-refractivity contribution in [2.75, 3.05) is 14.2 Å². The second kappa shape index (κ2) is 5.74. The lowest BCUT2D eigenvalue weighted by molar-refractivity contribution is 0.396. The second-order valence-corrected chi connectivity index (χ2v) is 5.18. The monoisotopic (exact) mass is 253 g/mol. The van der Waals surface area contributed by atoms with Gasteiger partial charge in [0.1, 0.15) is 5.75 Å². The van der Waals surface area contributed by atoms with Crippen LogP contribution in [0.4, 0.5) is 0 Å². The number of methoxy groups -OCH3 is 1. The predicted molar refractivity (Wildman–Crippen MR) is 71.8 cm³/mol. The molecule has 1 unspecified atom stereocenters. The highest BCUT2D eigenvalue weighted by Crippen LogP contribution is 2.37. The van der Waals surface area contributed by atoms with Gasteiger partial charge in [0.2, 0.25) is 0 Å². The Balaban J connectivity index is 2.12. The summed E-state index contributed by atoms with van der Waals surface area (Å²) < 4.78 is 5.41. The van der Waals surface area contributed by atoms with E-state index in [1.54, 1.807) is 7.11 Å². The quantitative estimate of drug-likeness (QED) is 0.833. The molecule has 3 heteroatoms. The molecular formula is C14H20ClNO. The Kier molecular flexibility index (Phi) is 4.30. The zero-order chi connectivity index (χ0) is 12.3. The van der Waals surface area contributed by atoms with Gasteiger partial charge in [-0.1, -0.05) is 24.4 Å². The van der Waals surface area contributed by atoms with Crippen molar-refractivity contribution in [3.05, 3.63) is 28.8 Å².